The van der Waals surface area contributed by atoms with Gasteiger partial charge in [0.05, 0.1) is 0 Å². The van der Waals surface area contributed by atoms with Crippen molar-refractivity contribution in [2.75, 3.05) is 13.1 Å². The van der Waals surface area contributed by atoms with Gasteiger partial charge in [-0.3, -0.25) is 9.59 Å². The van der Waals surface area contributed by atoms with Crippen molar-refractivity contribution in [3.8, 4) is 0 Å². The van der Waals surface area contributed by atoms with E-state index in [1.54, 1.807) is 0 Å². The highest BCUT2D eigenvalue weighted by Crippen LogP contribution is 2.28. The molecule has 0 aliphatic carbocycles. The van der Waals surface area contributed by atoms with Gasteiger partial charge in [0, 0.05) is 46.9 Å². The molecule has 2 aromatic carbocycles. The molecule has 0 bridgehead atoms. The van der Waals surface area contributed by atoms with Gasteiger partial charge in [0.25, 0.3) is 11.8 Å². The van der Waals surface area contributed by atoms with Crippen LogP contribution in [-0.4, -0.2) is 40.8 Å². The molecular weight excluding hydrogens is 374 g/mol. The van der Waals surface area contributed by atoms with Gasteiger partial charge in [0.1, 0.15) is 0 Å². The van der Waals surface area contributed by atoms with Crippen molar-refractivity contribution >= 4 is 22.7 Å². The number of aryl methyl sites for hydroxylation is 2. The fourth-order valence-electron chi connectivity index (χ4n) is 4.49. The summed E-state index contributed by atoms with van der Waals surface area (Å²) in [6.45, 7) is 5.45. The van der Waals surface area contributed by atoms with E-state index >= 15 is 0 Å². The molecule has 0 unspecified atom stereocenters. The van der Waals surface area contributed by atoms with Crippen LogP contribution in [0.1, 0.15) is 57.7 Å². The first-order chi connectivity index (χ1) is 14.6. The quantitative estimate of drug-likeness (QED) is 0.654. The number of fused-ring (bicyclic) bond motifs is 1. The minimum absolute atomic E-state index is 0.0625. The summed E-state index contributed by atoms with van der Waals surface area (Å²) in [4.78, 5) is 31.2. The number of amides is 2. The molecule has 0 spiro atoms. The first kappa shape index (κ1) is 20.2. The Hall–Kier alpha value is -3.08. The summed E-state index contributed by atoms with van der Waals surface area (Å²) in [6.07, 6.45) is 3.90. The molecule has 0 saturated carbocycles. The van der Waals surface area contributed by atoms with E-state index in [2.05, 4.69) is 17.2 Å². The number of rotatable bonds is 5. The van der Waals surface area contributed by atoms with Crippen molar-refractivity contribution in [3.63, 3.8) is 0 Å². The molecule has 1 fully saturated rings. The van der Waals surface area contributed by atoms with E-state index in [1.165, 1.54) is 0 Å². The number of hydrogen-bond acceptors (Lipinski definition) is 2. The topological polar surface area (TPSA) is 65.2 Å². The van der Waals surface area contributed by atoms with Crippen LogP contribution < -0.4 is 5.32 Å². The lowest BCUT2D eigenvalue weighted by Crippen LogP contribution is -2.45. The van der Waals surface area contributed by atoms with E-state index in [1.807, 2.05) is 60.4 Å². The lowest BCUT2D eigenvalue weighted by Gasteiger charge is -2.36. The predicted molar refractivity (Wildman–Crippen MR) is 120 cm³/mol. The van der Waals surface area contributed by atoms with Gasteiger partial charge >= 0.3 is 0 Å². The Labute approximate surface area is 177 Å². The number of benzene rings is 2. The van der Waals surface area contributed by atoms with Crippen molar-refractivity contribution in [2.45, 2.75) is 45.6 Å². The lowest BCUT2D eigenvalue weighted by molar-refractivity contribution is 0.0603. The van der Waals surface area contributed by atoms with E-state index in [-0.39, 0.29) is 17.9 Å². The minimum atomic E-state index is -0.0625. The van der Waals surface area contributed by atoms with Crippen LogP contribution in [0.4, 0.5) is 0 Å². The summed E-state index contributed by atoms with van der Waals surface area (Å²) in [5, 5.41) is 4.04. The number of piperidine rings is 1. The average Bonchev–Trinajstić information content (AvgIpc) is 3.08. The Morgan fingerprint density at radius 1 is 1.07 bits per heavy atom. The molecule has 2 N–H and O–H groups in total. The molecule has 5 nitrogen and oxygen atoms in total. The van der Waals surface area contributed by atoms with Crippen LogP contribution in [0.25, 0.3) is 10.9 Å². The summed E-state index contributed by atoms with van der Waals surface area (Å²) in [5.41, 5.74) is 4.69. The first-order valence-electron chi connectivity index (χ1n) is 10.8. The van der Waals surface area contributed by atoms with Gasteiger partial charge in [-0.05, 0) is 69.4 Å². The van der Waals surface area contributed by atoms with Gasteiger partial charge in [0.15, 0.2) is 0 Å². The highest BCUT2D eigenvalue weighted by Gasteiger charge is 2.29. The Bertz CT molecular complexity index is 1050. The number of aromatic amines is 1. The molecule has 1 aliphatic rings. The van der Waals surface area contributed by atoms with Crippen molar-refractivity contribution in [1.29, 1.82) is 0 Å². The predicted octanol–water partition coefficient (Wildman–Crippen LogP) is 4.60. The van der Waals surface area contributed by atoms with Gasteiger partial charge in [0.2, 0.25) is 0 Å². The molecule has 3 aromatic rings. The van der Waals surface area contributed by atoms with E-state index in [0.717, 1.165) is 60.0 Å². The fraction of sp³-hybridized carbons (Fsp3) is 0.360. The van der Waals surface area contributed by atoms with Crippen molar-refractivity contribution < 1.29 is 9.59 Å². The summed E-state index contributed by atoms with van der Waals surface area (Å²) < 4.78 is 0. The SMILES string of the molecule is Cc1[nH]c2cccc(C(=O)N3CCCC[C@@H]3CCNC(=O)c3ccccc3)c2c1C. The molecule has 1 aliphatic heterocycles. The summed E-state index contributed by atoms with van der Waals surface area (Å²) in [6, 6.07) is 15.3. The number of H-pyrrole nitrogens is 1. The zero-order valence-corrected chi connectivity index (χ0v) is 17.7. The van der Waals surface area contributed by atoms with Crippen LogP contribution in [0.2, 0.25) is 0 Å². The van der Waals surface area contributed by atoms with Crippen molar-refractivity contribution in [3.05, 3.63) is 70.9 Å². The zero-order chi connectivity index (χ0) is 21.1. The van der Waals surface area contributed by atoms with Gasteiger partial charge in [-0.25, -0.2) is 0 Å². The van der Waals surface area contributed by atoms with E-state index in [0.29, 0.717) is 12.1 Å². The maximum absolute atomic E-state index is 13.5. The molecule has 1 atom stereocenters. The highest BCUT2D eigenvalue weighted by molar-refractivity contribution is 6.08. The van der Waals surface area contributed by atoms with Gasteiger partial charge in [-0.15, -0.1) is 0 Å². The molecule has 4 rings (SSSR count). The summed E-state index contributed by atoms with van der Waals surface area (Å²) in [5.74, 6) is 0.0364. The Morgan fingerprint density at radius 2 is 1.87 bits per heavy atom. The van der Waals surface area contributed by atoms with Gasteiger partial charge in [-0.2, -0.15) is 0 Å². The number of carbonyl (C=O) groups excluding carboxylic acids is 2. The highest BCUT2D eigenvalue weighted by atomic mass is 16.2. The van der Waals surface area contributed by atoms with Crippen molar-refractivity contribution in [1.82, 2.24) is 15.2 Å². The van der Waals surface area contributed by atoms with Gasteiger partial charge < -0.3 is 15.2 Å². The molecule has 2 heterocycles. The first-order valence-corrected chi connectivity index (χ1v) is 10.8. The van der Waals surface area contributed by atoms with E-state index in [4.69, 9.17) is 0 Å². The molecule has 2 amide bonds. The van der Waals surface area contributed by atoms with Crippen molar-refractivity contribution in [2.24, 2.45) is 0 Å². The summed E-state index contributed by atoms with van der Waals surface area (Å²) in [7, 11) is 0. The second kappa shape index (κ2) is 8.74. The second-order valence-electron chi connectivity index (χ2n) is 8.16. The number of nitrogens with one attached hydrogen (secondary N) is 2. The van der Waals surface area contributed by atoms with Gasteiger partial charge in [-0.1, -0.05) is 24.3 Å². The third kappa shape index (κ3) is 3.97. The smallest absolute Gasteiger partial charge is 0.254 e. The normalized spacial score (nSPS) is 16.6. The molecular formula is C25H29N3O2. The van der Waals surface area contributed by atoms with E-state index < -0.39 is 0 Å². The van der Waals surface area contributed by atoms with Crippen LogP contribution in [-0.2, 0) is 0 Å². The average molecular weight is 404 g/mol. The third-order valence-corrected chi connectivity index (χ3v) is 6.24. The Balaban J connectivity index is 1.47. The molecule has 5 heteroatoms. The molecule has 1 aromatic heterocycles. The van der Waals surface area contributed by atoms with Crippen LogP contribution in [0.3, 0.4) is 0 Å². The van der Waals surface area contributed by atoms with Crippen LogP contribution in [0, 0.1) is 13.8 Å². The van der Waals surface area contributed by atoms with Crippen LogP contribution in [0.5, 0.6) is 0 Å². The number of aromatic nitrogens is 1. The van der Waals surface area contributed by atoms with Crippen LogP contribution in [0.15, 0.2) is 48.5 Å². The zero-order valence-electron chi connectivity index (χ0n) is 17.7. The Morgan fingerprint density at radius 3 is 2.67 bits per heavy atom. The Kier molecular flexibility index (Phi) is 5.88. The maximum Gasteiger partial charge on any atom is 0.254 e. The summed E-state index contributed by atoms with van der Waals surface area (Å²) >= 11 is 0. The monoisotopic (exact) mass is 403 g/mol. The maximum atomic E-state index is 13.5. The lowest BCUT2D eigenvalue weighted by atomic mass is 9.96. The number of likely N-dealkylation sites (tertiary alicyclic amines) is 1. The number of hydrogen-bond donors (Lipinski definition) is 2. The molecule has 1 saturated heterocycles. The largest absolute Gasteiger partial charge is 0.358 e. The second-order valence-corrected chi connectivity index (χ2v) is 8.16. The third-order valence-electron chi connectivity index (χ3n) is 6.24. The number of nitrogens with zero attached hydrogens (tertiary/aromatic N) is 1. The molecule has 156 valence electrons. The fourth-order valence-corrected chi connectivity index (χ4v) is 4.49. The minimum Gasteiger partial charge on any atom is -0.358 e. The van der Waals surface area contributed by atoms with E-state index in [9.17, 15) is 9.59 Å². The standard InChI is InChI=1S/C25H29N3O2/c1-17-18(2)27-22-13-8-12-21(23(17)22)25(30)28-16-7-6-11-20(28)14-15-26-24(29)19-9-4-3-5-10-19/h3-5,8-10,12-13,20,27H,6-7,11,14-16H2,1-2H3,(H,26,29)/t20-/m1/s1. The van der Waals surface area contributed by atoms with Crippen LogP contribution >= 0.6 is 0 Å². The molecule has 30 heavy (non-hydrogen) atoms. The molecule has 0 radical (unpaired) electrons. The number of carbonyl (C=O) groups is 2.